The number of para-hydroxylation sites is 1. The van der Waals surface area contributed by atoms with Crippen LogP contribution >= 0.6 is 0 Å². The molecule has 26 heavy (non-hydrogen) atoms. The number of hydrogen-bond acceptors (Lipinski definition) is 4. The Morgan fingerprint density at radius 3 is 2.19 bits per heavy atom. The maximum atomic E-state index is 14.1. The number of hydrazone groups is 1. The predicted octanol–water partition coefficient (Wildman–Crippen LogP) is 3.14. The lowest BCUT2D eigenvalue weighted by Crippen LogP contribution is -2.69. The van der Waals surface area contributed by atoms with E-state index in [2.05, 4.69) is 5.10 Å². The lowest BCUT2D eigenvalue weighted by atomic mass is 9.93. The minimum atomic E-state index is -6.70. The van der Waals surface area contributed by atoms with E-state index in [1.807, 2.05) is 0 Å². The maximum absolute atomic E-state index is 14.1. The molecule has 1 aromatic carbocycles. The molecule has 2 N–H and O–H groups in total. The van der Waals surface area contributed by atoms with Gasteiger partial charge in [0.15, 0.2) is 0 Å². The molecule has 2 rings (SSSR count). The number of phenolic OH excluding ortho intramolecular Hbond substituents is 1. The first-order valence-corrected chi connectivity index (χ1v) is 6.88. The van der Waals surface area contributed by atoms with Gasteiger partial charge in [-0.15, -0.1) is 0 Å². The minimum Gasteiger partial charge on any atom is -0.507 e. The summed E-state index contributed by atoms with van der Waals surface area (Å²) in [7, 11) is 0. The Kier molecular flexibility index (Phi) is 4.47. The van der Waals surface area contributed by atoms with Gasteiger partial charge in [-0.05, 0) is 19.1 Å². The number of rotatable bonds is 3. The third-order valence-electron chi connectivity index (χ3n) is 3.70. The highest BCUT2D eigenvalue weighted by Crippen LogP contribution is 2.54. The van der Waals surface area contributed by atoms with E-state index in [9.17, 15) is 45.7 Å². The Balaban J connectivity index is 2.57. The van der Waals surface area contributed by atoms with Gasteiger partial charge >= 0.3 is 18.0 Å². The topological polar surface area (TPSA) is 73.1 Å². The van der Waals surface area contributed by atoms with Crippen LogP contribution in [0.15, 0.2) is 29.4 Å². The van der Waals surface area contributed by atoms with Gasteiger partial charge in [0.25, 0.3) is 5.91 Å². The summed E-state index contributed by atoms with van der Waals surface area (Å²) in [5.74, 6) is -15.3. The van der Waals surface area contributed by atoms with Gasteiger partial charge in [0.1, 0.15) is 5.75 Å². The SMILES string of the molecule is CC1=NN(C(=O)c2ccccc2O)[C@@](O)(C(F)(F)C(F)(F)C(F)(F)F)C1. The van der Waals surface area contributed by atoms with Gasteiger partial charge in [0.2, 0.25) is 5.72 Å². The van der Waals surface area contributed by atoms with Crippen LogP contribution in [0, 0.1) is 0 Å². The number of aliphatic hydroxyl groups is 1. The average molecular weight is 388 g/mol. The lowest BCUT2D eigenvalue weighted by Gasteiger charge is -2.41. The number of aromatic hydroxyl groups is 1. The van der Waals surface area contributed by atoms with E-state index >= 15 is 0 Å². The molecular weight excluding hydrogens is 377 g/mol. The van der Waals surface area contributed by atoms with Gasteiger partial charge in [-0.2, -0.15) is 40.8 Å². The molecule has 1 heterocycles. The smallest absolute Gasteiger partial charge is 0.460 e. The second-order valence-corrected chi connectivity index (χ2v) is 5.61. The Bertz CT molecular complexity index is 763. The number of alkyl halides is 7. The molecule has 12 heteroatoms. The van der Waals surface area contributed by atoms with Gasteiger partial charge in [-0.25, -0.2) is 0 Å². The fourth-order valence-electron chi connectivity index (χ4n) is 2.38. The number of carbonyl (C=O) groups is 1. The third kappa shape index (κ3) is 2.68. The molecule has 0 radical (unpaired) electrons. The summed E-state index contributed by atoms with van der Waals surface area (Å²) in [4.78, 5) is 12.3. The maximum Gasteiger partial charge on any atom is 0.460 e. The molecule has 0 unspecified atom stereocenters. The zero-order valence-corrected chi connectivity index (χ0v) is 12.9. The first kappa shape index (κ1) is 19.9. The Hall–Kier alpha value is -2.37. The Morgan fingerprint density at radius 1 is 1.15 bits per heavy atom. The molecule has 5 nitrogen and oxygen atoms in total. The van der Waals surface area contributed by atoms with Crippen LogP contribution in [0.25, 0.3) is 0 Å². The van der Waals surface area contributed by atoms with Gasteiger partial charge < -0.3 is 10.2 Å². The number of phenols is 1. The van der Waals surface area contributed by atoms with Crippen molar-refractivity contribution in [3.05, 3.63) is 29.8 Å². The molecule has 0 aromatic heterocycles. The molecule has 0 spiro atoms. The van der Waals surface area contributed by atoms with E-state index in [4.69, 9.17) is 0 Å². The summed E-state index contributed by atoms with van der Waals surface area (Å²) in [6.45, 7) is 0.949. The summed E-state index contributed by atoms with van der Waals surface area (Å²) in [5, 5.41) is 22.2. The lowest BCUT2D eigenvalue weighted by molar-refractivity contribution is -0.400. The van der Waals surface area contributed by atoms with Crippen molar-refractivity contribution < 1.29 is 45.7 Å². The zero-order chi connectivity index (χ0) is 20.1. The van der Waals surface area contributed by atoms with Crippen molar-refractivity contribution in [2.45, 2.75) is 37.1 Å². The molecule has 1 amide bonds. The van der Waals surface area contributed by atoms with Crippen LogP contribution in [-0.4, -0.2) is 50.6 Å². The first-order chi connectivity index (χ1) is 11.7. The molecule has 1 aliphatic heterocycles. The van der Waals surface area contributed by atoms with Crippen molar-refractivity contribution in [3.63, 3.8) is 0 Å². The molecule has 1 aliphatic rings. The fraction of sp³-hybridized carbons (Fsp3) is 0.429. The van der Waals surface area contributed by atoms with Crippen molar-refractivity contribution in [2.75, 3.05) is 0 Å². The molecule has 0 bridgehead atoms. The number of amides is 1. The van der Waals surface area contributed by atoms with Crippen molar-refractivity contribution >= 4 is 11.6 Å². The Labute approximate surface area is 141 Å². The van der Waals surface area contributed by atoms with Gasteiger partial charge in [0, 0.05) is 12.1 Å². The second kappa shape index (κ2) is 5.83. The third-order valence-corrected chi connectivity index (χ3v) is 3.70. The summed E-state index contributed by atoms with van der Waals surface area (Å²) in [6, 6.07) is 4.24. The molecule has 0 saturated carbocycles. The highest BCUT2D eigenvalue weighted by Gasteiger charge is 2.82. The zero-order valence-electron chi connectivity index (χ0n) is 12.9. The normalized spacial score (nSPS) is 21.7. The standard InChI is InChI=1S/C14H11F7N2O3/c1-7-6-11(26,12(15,16)13(17,18)14(19,20)21)23(22-7)10(25)8-4-2-3-5-9(8)24/h2-5,24,26H,6H2,1H3/t11-/m0/s1. The molecule has 1 aromatic rings. The highest BCUT2D eigenvalue weighted by atomic mass is 19.4. The van der Waals surface area contributed by atoms with Crippen LogP contribution in [0.5, 0.6) is 5.75 Å². The van der Waals surface area contributed by atoms with Crippen molar-refractivity contribution in [2.24, 2.45) is 5.10 Å². The largest absolute Gasteiger partial charge is 0.507 e. The average Bonchev–Trinajstić information content (AvgIpc) is 2.82. The molecule has 1 atom stereocenters. The van der Waals surface area contributed by atoms with Gasteiger partial charge in [0.05, 0.1) is 5.56 Å². The van der Waals surface area contributed by atoms with Crippen LogP contribution < -0.4 is 0 Å². The Morgan fingerprint density at radius 2 is 1.69 bits per heavy atom. The number of nitrogens with zero attached hydrogens (tertiary/aromatic N) is 2. The molecule has 0 saturated heterocycles. The van der Waals surface area contributed by atoms with Crippen LogP contribution in [0.3, 0.4) is 0 Å². The van der Waals surface area contributed by atoms with Crippen molar-refractivity contribution in [3.8, 4) is 5.75 Å². The van der Waals surface area contributed by atoms with E-state index in [-0.39, 0.29) is 0 Å². The van der Waals surface area contributed by atoms with Crippen LogP contribution in [0.1, 0.15) is 23.7 Å². The second-order valence-electron chi connectivity index (χ2n) is 5.61. The molecule has 144 valence electrons. The number of carbonyl (C=O) groups excluding carboxylic acids is 1. The molecule has 0 aliphatic carbocycles. The summed E-state index contributed by atoms with van der Waals surface area (Å²) in [6.07, 6.45) is -8.16. The summed E-state index contributed by atoms with van der Waals surface area (Å²) < 4.78 is 92.4. The van der Waals surface area contributed by atoms with Crippen LogP contribution in [0.2, 0.25) is 0 Å². The number of benzene rings is 1. The van der Waals surface area contributed by atoms with Gasteiger partial charge in [-0.1, -0.05) is 12.1 Å². The fourth-order valence-corrected chi connectivity index (χ4v) is 2.38. The predicted molar refractivity (Wildman–Crippen MR) is 72.9 cm³/mol. The monoisotopic (exact) mass is 388 g/mol. The molecular formula is C14H11F7N2O3. The number of hydrogen-bond donors (Lipinski definition) is 2. The van der Waals surface area contributed by atoms with E-state index in [1.54, 1.807) is 0 Å². The van der Waals surface area contributed by atoms with Crippen LogP contribution in [0.4, 0.5) is 30.7 Å². The van der Waals surface area contributed by atoms with E-state index in [0.717, 1.165) is 19.1 Å². The van der Waals surface area contributed by atoms with Gasteiger partial charge in [-0.3, -0.25) is 4.79 Å². The summed E-state index contributed by atoms with van der Waals surface area (Å²) in [5.41, 5.74) is -5.51. The van der Waals surface area contributed by atoms with E-state index < -0.39 is 58.1 Å². The van der Waals surface area contributed by atoms with E-state index in [0.29, 0.717) is 0 Å². The van der Waals surface area contributed by atoms with E-state index in [1.165, 1.54) is 12.1 Å². The van der Waals surface area contributed by atoms with Crippen LogP contribution in [-0.2, 0) is 0 Å². The summed E-state index contributed by atoms with van der Waals surface area (Å²) >= 11 is 0. The highest BCUT2D eigenvalue weighted by molar-refractivity contribution is 5.99. The number of halogens is 7. The minimum absolute atomic E-state index is 0.492. The molecule has 0 fully saturated rings. The quantitative estimate of drug-likeness (QED) is 0.782. The van der Waals surface area contributed by atoms with Crippen molar-refractivity contribution in [1.82, 2.24) is 5.01 Å². The first-order valence-electron chi connectivity index (χ1n) is 6.88. The van der Waals surface area contributed by atoms with Crippen molar-refractivity contribution in [1.29, 1.82) is 0 Å².